The van der Waals surface area contributed by atoms with Crippen molar-refractivity contribution in [1.82, 2.24) is 9.88 Å². The van der Waals surface area contributed by atoms with Crippen molar-refractivity contribution in [2.75, 3.05) is 18.4 Å². The van der Waals surface area contributed by atoms with Crippen molar-refractivity contribution < 1.29 is 4.79 Å². The molecule has 1 aliphatic heterocycles. The van der Waals surface area contributed by atoms with Gasteiger partial charge in [-0.2, -0.15) is 0 Å². The van der Waals surface area contributed by atoms with Gasteiger partial charge in [-0.25, -0.2) is 4.98 Å². The molecule has 4 nitrogen and oxygen atoms in total. The molecule has 0 bridgehead atoms. The quantitative estimate of drug-likeness (QED) is 0.918. The van der Waals surface area contributed by atoms with Crippen molar-refractivity contribution in [2.24, 2.45) is 0 Å². The predicted octanol–water partition coefficient (Wildman–Crippen LogP) is 3.87. The molecule has 4 rings (SSSR count). The van der Waals surface area contributed by atoms with Crippen LogP contribution in [0.2, 0.25) is 0 Å². The number of nitrogens with one attached hydrogen (secondary N) is 1. The Balaban J connectivity index is 1.51. The fraction of sp³-hybridized carbons (Fsp3) is 0.474. The number of aryl methyl sites for hydroxylation is 1. The summed E-state index contributed by atoms with van der Waals surface area (Å²) in [5, 5.41) is 5.69. The van der Waals surface area contributed by atoms with Gasteiger partial charge in [-0.1, -0.05) is 0 Å². The molecule has 0 atom stereocenters. The second-order valence-electron chi connectivity index (χ2n) is 6.62. The van der Waals surface area contributed by atoms with Gasteiger partial charge in [0.1, 0.15) is 5.82 Å². The van der Waals surface area contributed by atoms with E-state index in [0.717, 1.165) is 32.5 Å². The van der Waals surface area contributed by atoms with Gasteiger partial charge in [0.15, 0.2) is 0 Å². The Kier molecular flexibility index (Phi) is 4.52. The third kappa shape index (κ3) is 3.05. The number of aromatic nitrogens is 1. The van der Waals surface area contributed by atoms with E-state index in [-0.39, 0.29) is 5.91 Å². The zero-order valence-electron chi connectivity index (χ0n) is 13.9. The topological polar surface area (TPSA) is 45.2 Å². The second kappa shape index (κ2) is 6.93. The summed E-state index contributed by atoms with van der Waals surface area (Å²) in [6.07, 6.45) is 8.99. The number of thiophene rings is 1. The number of amides is 1. The molecule has 1 saturated heterocycles. The van der Waals surface area contributed by atoms with Gasteiger partial charge in [-0.15, -0.1) is 11.3 Å². The molecule has 3 heterocycles. The first kappa shape index (κ1) is 15.6. The van der Waals surface area contributed by atoms with Crippen molar-refractivity contribution >= 4 is 23.1 Å². The van der Waals surface area contributed by atoms with Gasteiger partial charge in [0, 0.05) is 30.7 Å². The number of hydrogen-bond acceptors (Lipinski definition) is 4. The Morgan fingerprint density at radius 1 is 1.21 bits per heavy atom. The molecule has 1 aliphatic carbocycles. The number of nitrogens with zero attached hydrogens (tertiary/aromatic N) is 2. The van der Waals surface area contributed by atoms with Crippen molar-refractivity contribution in [2.45, 2.75) is 45.1 Å². The van der Waals surface area contributed by atoms with E-state index in [1.807, 2.05) is 28.4 Å². The number of rotatable bonds is 4. The van der Waals surface area contributed by atoms with E-state index in [9.17, 15) is 4.79 Å². The Labute approximate surface area is 146 Å². The number of likely N-dealkylation sites (tertiary alicyclic amines) is 1. The van der Waals surface area contributed by atoms with Crippen LogP contribution >= 0.6 is 11.3 Å². The average Bonchev–Trinajstić information content (AvgIpc) is 3.30. The lowest BCUT2D eigenvalue weighted by molar-refractivity contribution is 0.0793. The molecule has 5 heteroatoms. The van der Waals surface area contributed by atoms with E-state index in [4.69, 9.17) is 0 Å². The van der Waals surface area contributed by atoms with E-state index in [1.165, 1.54) is 36.8 Å². The van der Waals surface area contributed by atoms with Crippen LogP contribution in [0.4, 0.5) is 5.82 Å². The molecule has 0 unspecified atom stereocenters. The number of fused-ring (bicyclic) bond motifs is 1. The molecular formula is C19H23N3OS. The number of carbonyl (C=O) groups is 1. The SMILES string of the molecule is O=C(c1cccnc1NCc1csc2c1CCCC2)N1CCCC1. The highest BCUT2D eigenvalue weighted by Gasteiger charge is 2.22. The molecule has 0 radical (unpaired) electrons. The minimum absolute atomic E-state index is 0.107. The fourth-order valence-electron chi connectivity index (χ4n) is 3.70. The summed E-state index contributed by atoms with van der Waals surface area (Å²) in [5.41, 5.74) is 3.60. The predicted molar refractivity (Wildman–Crippen MR) is 97.7 cm³/mol. The molecule has 2 aromatic rings. The number of anilines is 1. The Bertz CT molecular complexity index is 734. The van der Waals surface area contributed by atoms with Crippen LogP contribution < -0.4 is 5.32 Å². The summed E-state index contributed by atoms with van der Waals surface area (Å²) in [4.78, 5) is 20.6. The van der Waals surface area contributed by atoms with Crippen molar-refractivity contribution in [3.05, 3.63) is 45.3 Å². The minimum atomic E-state index is 0.107. The Morgan fingerprint density at radius 3 is 2.92 bits per heavy atom. The Hall–Kier alpha value is -1.88. The lowest BCUT2D eigenvalue weighted by Crippen LogP contribution is -2.28. The third-order valence-electron chi connectivity index (χ3n) is 5.03. The molecule has 1 amide bonds. The van der Waals surface area contributed by atoms with Crippen LogP contribution in [0, 0.1) is 0 Å². The first-order chi connectivity index (χ1) is 11.8. The second-order valence-corrected chi connectivity index (χ2v) is 7.59. The highest BCUT2D eigenvalue weighted by atomic mass is 32.1. The molecule has 0 aromatic carbocycles. The van der Waals surface area contributed by atoms with E-state index in [0.29, 0.717) is 11.4 Å². The standard InChI is InChI=1S/C19H23N3OS/c23-19(22-10-3-4-11-22)16-7-5-9-20-18(16)21-12-14-13-24-17-8-2-1-6-15(14)17/h5,7,9,13H,1-4,6,8,10-12H2,(H,20,21). The van der Waals surface area contributed by atoms with Crippen LogP contribution in [-0.2, 0) is 19.4 Å². The lowest BCUT2D eigenvalue weighted by Gasteiger charge is -2.18. The molecule has 1 fully saturated rings. The van der Waals surface area contributed by atoms with Crippen LogP contribution in [0.15, 0.2) is 23.7 Å². The van der Waals surface area contributed by atoms with E-state index < -0.39 is 0 Å². The largest absolute Gasteiger partial charge is 0.365 e. The van der Waals surface area contributed by atoms with Gasteiger partial charge in [0.25, 0.3) is 5.91 Å². The van der Waals surface area contributed by atoms with Crippen LogP contribution in [-0.4, -0.2) is 28.9 Å². The monoisotopic (exact) mass is 341 g/mol. The van der Waals surface area contributed by atoms with Gasteiger partial charge in [0.05, 0.1) is 5.56 Å². The van der Waals surface area contributed by atoms with Crippen molar-refractivity contribution in [3.63, 3.8) is 0 Å². The molecule has 2 aromatic heterocycles. The highest BCUT2D eigenvalue weighted by molar-refractivity contribution is 7.10. The molecule has 0 spiro atoms. The van der Waals surface area contributed by atoms with Crippen LogP contribution in [0.25, 0.3) is 0 Å². The van der Waals surface area contributed by atoms with Gasteiger partial charge >= 0.3 is 0 Å². The van der Waals surface area contributed by atoms with Crippen LogP contribution in [0.1, 0.15) is 52.0 Å². The van der Waals surface area contributed by atoms with Gasteiger partial charge < -0.3 is 10.2 Å². The summed E-state index contributed by atoms with van der Waals surface area (Å²) in [6.45, 7) is 2.49. The van der Waals surface area contributed by atoms with Crippen LogP contribution in [0.3, 0.4) is 0 Å². The molecule has 126 valence electrons. The minimum Gasteiger partial charge on any atom is -0.365 e. The van der Waals surface area contributed by atoms with E-state index in [2.05, 4.69) is 15.7 Å². The van der Waals surface area contributed by atoms with Gasteiger partial charge in [-0.05, 0) is 67.2 Å². The highest BCUT2D eigenvalue weighted by Crippen LogP contribution is 2.30. The first-order valence-corrected chi connectivity index (χ1v) is 9.77. The normalized spacial score (nSPS) is 16.9. The maximum Gasteiger partial charge on any atom is 0.257 e. The average molecular weight is 341 g/mol. The van der Waals surface area contributed by atoms with Gasteiger partial charge in [0.2, 0.25) is 0 Å². The van der Waals surface area contributed by atoms with Crippen molar-refractivity contribution in [1.29, 1.82) is 0 Å². The summed E-state index contributed by atoms with van der Waals surface area (Å²) in [6, 6.07) is 3.74. The maximum absolute atomic E-state index is 12.7. The van der Waals surface area contributed by atoms with E-state index in [1.54, 1.807) is 11.1 Å². The summed E-state index contributed by atoms with van der Waals surface area (Å²) < 4.78 is 0. The summed E-state index contributed by atoms with van der Waals surface area (Å²) in [7, 11) is 0. The number of pyridine rings is 1. The van der Waals surface area contributed by atoms with Crippen molar-refractivity contribution in [3.8, 4) is 0 Å². The molecule has 1 N–H and O–H groups in total. The molecule has 24 heavy (non-hydrogen) atoms. The third-order valence-corrected chi connectivity index (χ3v) is 6.16. The molecule has 2 aliphatic rings. The number of carbonyl (C=O) groups excluding carboxylic acids is 1. The zero-order chi connectivity index (χ0) is 16.4. The molecule has 0 saturated carbocycles. The molecular weight excluding hydrogens is 318 g/mol. The van der Waals surface area contributed by atoms with Gasteiger partial charge in [-0.3, -0.25) is 4.79 Å². The van der Waals surface area contributed by atoms with E-state index >= 15 is 0 Å². The Morgan fingerprint density at radius 2 is 2.04 bits per heavy atom. The summed E-state index contributed by atoms with van der Waals surface area (Å²) in [5.74, 6) is 0.820. The lowest BCUT2D eigenvalue weighted by atomic mass is 9.96. The smallest absolute Gasteiger partial charge is 0.257 e. The fourth-order valence-corrected chi connectivity index (χ4v) is 4.85. The number of hydrogen-bond donors (Lipinski definition) is 1. The zero-order valence-corrected chi connectivity index (χ0v) is 14.7. The maximum atomic E-state index is 12.7. The summed E-state index contributed by atoms with van der Waals surface area (Å²) >= 11 is 1.88. The van der Waals surface area contributed by atoms with Crippen LogP contribution in [0.5, 0.6) is 0 Å². The first-order valence-electron chi connectivity index (χ1n) is 8.89.